The first-order chi connectivity index (χ1) is 8.40. The van der Waals surface area contributed by atoms with Gasteiger partial charge in [0.25, 0.3) is 0 Å². The third kappa shape index (κ3) is 3.97. The van der Waals surface area contributed by atoms with Gasteiger partial charge in [-0.2, -0.15) is 0 Å². The van der Waals surface area contributed by atoms with Crippen molar-refractivity contribution >= 4 is 12.2 Å². The van der Waals surface area contributed by atoms with Crippen molar-refractivity contribution in [3.8, 4) is 0 Å². The average molecular weight is 252 g/mol. The van der Waals surface area contributed by atoms with Crippen LogP contribution < -0.4 is 11.5 Å². The molecule has 0 atom stereocenters. The van der Waals surface area contributed by atoms with Crippen molar-refractivity contribution in [1.82, 2.24) is 0 Å². The van der Waals surface area contributed by atoms with E-state index in [2.05, 4.69) is 0 Å². The zero-order valence-corrected chi connectivity index (χ0v) is 10.4. The second-order valence-corrected chi connectivity index (χ2v) is 3.92. The molecule has 0 saturated carbocycles. The Bertz CT molecular complexity index is 428. The molecular weight excluding hydrogens is 236 g/mol. The number of rotatable bonds is 4. The minimum atomic E-state index is -0.812. The molecule has 0 radical (unpaired) electrons. The Morgan fingerprint density at radius 2 is 1.28 bits per heavy atom. The van der Waals surface area contributed by atoms with Crippen molar-refractivity contribution in [3.05, 3.63) is 34.4 Å². The van der Waals surface area contributed by atoms with Crippen LogP contribution in [-0.4, -0.2) is 12.2 Å². The number of hydrogen-bond acceptors (Lipinski definition) is 4. The van der Waals surface area contributed by atoms with Crippen LogP contribution in [0.25, 0.3) is 0 Å². The predicted octanol–water partition coefficient (Wildman–Crippen LogP) is 1.49. The number of nitrogens with two attached hydrogens (primary N) is 2. The molecule has 4 N–H and O–H groups in total. The van der Waals surface area contributed by atoms with E-state index in [1.165, 1.54) is 0 Å². The molecule has 0 aliphatic carbocycles. The van der Waals surface area contributed by atoms with Crippen LogP contribution >= 0.6 is 0 Å². The fourth-order valence-corrected chi connectivity index (χ4v) is 1.54. The quantitative estimate of drug-likeness (QED) is 0.846. The van der Waals surface area contributed by atoms with E-state index in [0.717, 1.165) is 22.3 Å². The van der Waals surface area contributed by atoms with E-state index in [0.29, 0.717) is 0 Å². The smallest absolute Gasteiger partial charge is 0.404 e. The first kappa shape index (κ1) is 13.8. The lowest BCUT2D eigenvalue weighted by atomic mass is 10.0. The molecular formula is C12H16N2O4. The monoisotopic (exact) mass is 252 g/mol. The van der Waals surface area contributed by atoms with E-state index in [-0.39, 0.29) is 13.2 Å². The van der Waals surface area contributed by atoms with Crippen molar-refractivity contribution in [3.63, 3.8) is 0 Å². The highest BCUT2D eigenvalue weighted by Crippen LogP contribution is 2.18. The Hall–Kier alpha value is -2.24. The van der Waals surface area contributed by atoms with Crippen molar-refractivity contribution in [2.24, 2.45) is 11.5 Å². The predicted molar refractivity (Wildman–Crippen MR) is 64.7 cm³/mol. The summed E-state index contributed by atoms with van der Waals surface area (Å²) in [6, 6.07) is 3.72. The molecule has 0 unspecified atom stereocenters. The van der Waals surface area contributed by atoms with Crippen molar-refractivity contribution in [2.75, 3.05) is 0 Å². The average Bonchev–Trinajstić information content (AvgIpc) is 2.27. The molecule has 6 nitrogen and oxygen atoms in total. The van der Waals surface area contributed by atoms with Gasteiger partial charge in [-0.25, -0.2) is 9.59 Å². The summed E-state index contributed by atoms with van der Waals surface area (Å²) in [7, 11) is 0. The van der Waals surface area contributed by atoms with Crippen molar-refractivity contribution in [2.45, 2.75) is 27.1 Å². The van der Waals surface area contributed by atoms with Crippen LogP contribution in [-0.2, 0) is 22.7 Å². The molecule has 0 fully saturated rings. The minimum absolute atomic E-state index is 0.124. The van der Waals surface area contributed by atoms with Gasteiger partial charge >= 0.3 is 12.2 Å². The minimum Gasteiger partial charge on any atom is -0.445 e. The third-order valence-electron chi connectivity index (χ3n) is 2.53. The second-order valence-electron chi connectivity index (χ2n) is 3.92. The van der Waals surface area contributed by atoms with Gasteiger partial charge in [-0.1, -0.05) is 12.1 Å². The van der Waals surface area contributed by atoms with Gasteiger partial charge in [0.2, 0.25) is 0 Å². The van der Waals surface area contributed by atoms with Gasteiger partial charge in [0.1, 0.15) is 13.2 Å². The number of ether oxygens (including phenoxy) is 2. The lowest BCUT2D eigenvalue weighted by molar-refractivity contribution is 0.148. The summed E-state index contributed by atoms with van der Waals surface area (Å²) in [6.45, 7) is 3.98. The van der Waals surface area contributed by atoms with E-state index in [4.69, 9.17) is 20.9 Å². The van der Waals surface area contributed by atoms with E-state index < -0.39 is 12.2 Å². The molecule has 0 aromatic heterocycles. The van der Waals surface area contributed by atoms with Crippen LogP contribution in [0, 0.1) is 13.8 Å². The Morgan fingerprint density at radius 1 is 0.944 bits per heavy atom. The van der Waals surface area contributed by atoms with Crippen LogP contribution in [0.5, 0.6) is 0 Å². The Morgan fingerprint density at radius 3 is 1.56 bits per heavy atom. The first-order valence-corrected chi connectivity index (χ1v) is 5.33. The van der Waals surface area contributed by atoms with E-state index >= 15 is 0 Å². The normalized spacial score (nSPS) is 9.89. The molecule has 0 bridgehead atoms. The van der Waals surface area contributed by atoms with E-state index in [9.17, 15) is 9.59 Å². The number of benzene rings is 1. The van der Waals surface area contributed by atoms with Crippen LogP contribution in [0.2, 0.25) is 0 Å². The summed E-state index contributed by atoms with van der Waals surface area (Å²) in [4.78, 5) is 21.1. The maximum atomic E-state index is 10.5. The summed E-state index contributed by atoms with van der Waals surface area (Å²) < 4.78 is 9.47. The number of carbonyl (C=O) groups is 2. The zero-order chi connectivity index (χ0) is 13.7. The fourth-order valence-electron chi connectivity index (χ4n) is 1.54. The first-order valence-electron chi connectivity index (χ1n) is 5.33. The van der Waals surface area contributed by atoms with Crippen LogP contribution in [0.15, 0.2) is 12.1 Å². The van der Waals surface area contributed by atoms with Crippen LogP contribution in [0.3, 0.4) is 0 Å². The Labute approximate surface area is 105 Å². The van der Waals surface area contributed by atoms with Gasteiger partial charge in [0.15, 0.2) is 0 Å². The summed E-state index contributed by atoms with van der Waals surface area (Å²) in [5, 5.41) is 0. The number of aryl methyl sites for hydroxylation is 2. The van der Waals surface area contributed by atoms with Gasteiger partial charge in [-0.3, -0.25) is 0 Å². The van der Waals surface area contributed by atoms with Gasteiger partial charge in [-0.15, -0.1) is 0 Å². The molecule has 1 aromatic rings. The van der Waals surface area contributed by atoms with Gasteiger partial charge in [0, 0.05) is 0 Å². The highest BCUT2D eigenvalue weighted by molar-refractivity contribution is 5.65. The van der Waals surface area contributed by atoms with Crippen LogP contribution in [0.1, 0.15) is 22.3 Å². The largest absolute Gasteiger partial charge is 0.445 e. The van der Waals surface area contributed by atoms with Crippen molar-refractivity contribution < 1.29 is 19.1 Å². The molecule has 0 heterocycles. The number of primary amides is 2. The summed E-state index contributed by atoms with van der Waals surface area (Å²) in [5.74, 6) is 0. The SMILES string of the molecule is Cc1cc(COC(N)=O)c(C)cc1COC(N)=O. The summed E-state index contributed by atoms with van der Waals surface area (Å²) in [6.07, 6.45) is -1.62. The van der Waals surface area contributed by atoms with Crippen molar-refractivity contribution in [1.29, 1.82) is 0 Å². The topological polar surface area (TPSA) is 105 Å². The molecule has 1 aromatic carbocycles. The number of amides is 2. The second kappa shape index (κ2) is 5.90. The fraction of sp³-hybridized carbons (Fsp3) is 0.333. The summed E-state index contributed by atoms with van der Waals surface area (Å²) >= 11 is 0. The van der Waals surface area contributed by atoms with E-state index in [1.807, 2.05) is 26.0 Å². The molecule has 1 rings (SSSR count). The zero-order valence-electron chi connectivity index (χ0n) is 10.4. The molecule has 18 heavy (non-hydrogen) atoms. The van der Waals surface area contributed by atoms with Gasteiger partial charge in [-0.05, 0) is 36.1 Å². The van der Waals surface area contributed by atoms with Crippen LogP contribution in [0.4, 0.5) is 9.59 Å². The standard InChI is InChI=1S/C12H16N2O4/c1-7-3-10(6-18-12(14)16)8(2)4-9(7)5-17-11(13)15/h3-4H,5-6H2,1-2H3,(H2,13,15)(H2,14,16). The summed E-state index contributed by atoms with van der Waals surface area (Å²) in [5.41, 5.74) is 13.4. The highest BCUT2D eigenvalue weighted by Gasteiger charge is 2.07. The van der Waals surface area contributed by atoms with Gasteiger partial charge < -0.3 is 20.9 Å². The molecule has 0 aliphatic rings. The molecule has 0 aliphatic heterocycles. The van der Waals surface area contributed by atoms with E-state index in [1.54, 1.807) is 0 Å². The number of carbonyl (C=O) groups excluding carboxylic acids is 2. The lowest BCUT2D eigenvalue weighted by Gasteiger charge is -2.12. The molecule has 0 spiro atoms. The molecule has 98 valence electrons. The lowest BCUT2D eigenvalue weighted by Crippen LogP contribution is -2.14. The Kier molecular flexibility index (Phi) is 4.53. The molecule has 2 amide bonds. The number of hydrogen-bond donors (Lipinski definition) is 2. The van der Waals surface area contributed by atoms with Gasteiger partial charge in [0.05, 0.1) is 0 Å². The maximum absolute atomic E-state index is 10.5. The molecule has 0 saturated heterocycles. The molecule has 6 heteroatoms. The maximum Gasteiger partial charge on any atom is 0.404 e. The highest BCUT2D eigenvalue weighted by atomic mass is 16.5. The third-order valence-corrected chi connectivity index (χ3v) is 2.53. The Balaban J connectivity index is 2.82.